The van der Waals surface area contributed by atoms with Gasteiger partial charge in [0.2, 0.25) is 0 Å². The van der Waals surface area contributed by atoms with E-state index in [9.17, 15) is 0 Å². The zero-order valence-corrected chi connectivity index (χ0v) is 10.6. The molecule has 2 heterocycles. The smallest absolute Gasteiger partial charge is 0.0657 e. The summed E-state index contributed by atoms with van der Waals surface area (Å²) < 4.78 is 0. The molecule has 2 aromatic rings. The summed E-state index contributed by atoms with van der Waals surface area (Å²) >= 11 is 1.86. The summed E-state index contributed by atoms with van der Waals surface area (Å²) in [7, 11) is 0. The first-order valence-electron chi connectivity index (χ1n) is 5.99. The molecule has 1 N–H and O–H groups in total. The van der Waals surface area contributed by atoms with Crippen LogP contribution in [-0.2, 0) is 19.3 Å². The van der Waals surface area contributed by atoms with E-state index in [0.29, 0.717) is 0 Å². The summed E-state index contributed by atoms with van der Waals surface area (Å²) in [6, 6.07) is 4.35. The zero-order chi connectivity index (χ0) is 11.2. The minimum absolute atomic E-state index is 1.15. The first-order valence-corrected chi connectivity index (χ1v) is 6.87. The van der Waals surface area contributed by atoms with Crippen LogP contribution in [0.2, 0.25) is 0 Å². The zero-order valence-electron chi connectivity index (χ0n) is 9.75. The molecule has 0 amide bonds. The second kappa shape index (κ2) is 5.90. The number of rotatable bonds is 6. The third-order valence-corrected chi connectivity index (χ3v) is 3.74. The van der Waals surface area contributed by atoms with Crippen LogP contribution in [0.25, 0.3) is 0 Å². The second-order valence-corrected chi connectivity index (χ2v) is 5.13. The molecule has 85 valence electrons. The number of H-pyrrole nitrogens is 1. The Morgan fingerprint density at radius 2 is 2.25 bits per heavy atom. The average molecular weight is 232 g/mol. The van der Waals surface area contributed by atoms with Gasteiger partial charge in [-0.3, -0.25) is 0 Å². The van der Waals surface area contributed by atoms with E-state index in [4.69, 9.17) is 0 Å². The maximum atomic E-state index is 3.25. The number of aromatic nitrogens is 1. The van der Waals surface area contributed by atoms with Crippen LogP contribution in [0.4, 0.5) is 0 Å². The van der Waals surface area contributed by atoms with E-state index in [2.05, 4.69) is 41.8 Å². The molecular formula is C14H18NS. The van der Waals surface area contributed by atoms with Gasteiger partial charge in [-0.15, -0.1) is 11.3 Å². The van der Waals surface area contributed by atoms with Crippen LogP contribution in [0.15, 0.2) is 23.7 Å². The van der Waals surface area contributed by atoms with Gasteiger partial charge in [0.25, 0.3) is 0 Å². The average Bonchev–Trinajstić information content (AvgIpc) is 2.91. The fraction of sp³-hybridized carbons (Fsp3) is 0.429. The number of aromatic amines is 1. The highest BCUT2D eigenvalue weighted by atomic mass is 32.1. The van der Waals surface area contributed by atoms with Crippen molar-refractivity contribution in [2.24, 2.45) is 0 Å². The van der Waals surface area contributed by atoms with Gasteiger partial charge in [-0.25, -0.2) is 0 Å². The van der Waals surface area contributed by atoms with E-state index in [1.807, 2.05) is 11.3 Å². The number of nitrogens with one attached hydrogen (secondary N) is 1. The first kappa shape index (κ1) is 11.5. The molecule has 0 aliphatic carbocycles. The lowest BCUT2D eigenvalue weighted by atomic mass is 10.0. The summed E-state index contributed by atoms with van der Waals surface area (Å²) in [5, 5.41) is 2.15. The van der Waals surface area contributed by atoms with Gasteiger partial charge >= 0.3 is 0 Å². The minimum atomic E-state index is 1.15. The lowest BCUT2D eigenvalue weighted by Crippen LogP contribution is -1.91. The molecular weight excluding hydrogens is 214 g/mol. The number of aryl methyl sites for hydroxylation is 3. The van der Waals surface area contributed by atoms with Crippen molar-refractivity contribution in [3.05, 3.63) is 45.9 Å². The van der Waals surface area contributed by atoms with E-state index in [-0.39, 0.29) is 0 Å². The molecule has 0 fully saturated rings. The van der Waals surface area contributed by atoms with Crippen molar-refractivity contribution in [3.8, 4) is 0 Å². The van der Waals surface area contributed by atoms with Gasteiger partial charge < -0.3 is 4.98 Å². The summed E-state index contributed by atoms with van der Waals surface area (Å²) in [6.07, 6.45) is 11.3. The van der Waals surface area contributed by atoms with Crippen molar-refractivity contribution in [1.82, 2.24) is 4.98 Å². The van der Waals surface area contributed by atoms with Gasteiger partial charge in [-0.1, -0.05) is 19.4 Å². The van der Waals surface area contributed by atoms with Gasteiger partial charge in [-0.05, 0) is 48.3 Å². The highest BCUT2D eigenvalue weighted by Crippen LogP contribution is 2.16. The van der Waals surface area contributed by atoms with E-state index < -0.39 is 0 Å². The Bertz CT molecular complexity index is 400. The fourth-order valence-corrected chi connectivity index (χ4v) is 2.74. The number of hydrogen-bond donors (Lipinski definition) is 1. The van der Waals surface area contributed by atoms with Crippen LogP contribution >= 0.6 is 11.3 Å². The third kappa shape index (κ3) is 2.99. The van der Waals surface area contributed by atoms with Crippen molar-refractivity contribution in [2.75, 3.05) is 0 Å². The Labute approximate surface area is 102 Å². The van der Waals surface area contributed by atoms with Gasteiger partial charge in [-0.2, -0.15) is 0 Å². The van der Waals surface area contributed by atoms with Crippen LogP contribution in [0.1, 0.15) is 35.8 Å². The Balaban J connectivity index is 1.82. The van der Waals surface area contributed by atoms with Gasteiger partial charge in [0, 0.05) is 11.1 Å². The molecule has 2 rings (SSSR count). The minimum Gasteiger partial charge on any atom is -0.359 e. The molecule has 0 saturated carbocycles. The molecule has 0 spiro atoms. The first-order chi connectivity index (χ1) is 7.90. The van der Waals surface area contributed by atoms with Gasteiger partial charge in [0.05, 0.1) is 6.20 Å². The van der Waals surface area contributed by atoms with E-state index in [1.165, 1.54) is 41.7 Å². The molecule has 0 aliphatic heterocycles. The molecule has 0 aliphatic rings. The quantitative estimate of drug-likeness (QED) is 0.774. The normalized spacial score (nSPS) is 10.8. The summed E-state index contributed by atoms with van der Waals surface area (Å²) in [5.74, 6) is 0. The van der Waals surface area contributed by atoms with Crippen molar-refractivity contribution in [3.63, 3.8) is 0 Å². The fourth-order valence-electron chi connectivity index (χ4n) is 1.99. The Morgan fingerprint density at radius 1 is 1.31 bits per heavy atom. The predicted octanol–water partition coefficient (Wildman–Crippen LogP) is 4.00. The standard InChI is InChI=1S/C14H18NS/c1-2-5-12-10-15-11-13(12)6-3-7-14-8-4-9-16-14/h4,8-10,15H,2-3,5-7H2,1H3. The molecule has 16 heavy (non-hydrogen) atoms. The Kier molecular flexibility index (Phi) is 4.23. The molecule has 0 aromatic carbocycles. The third-order valence-electron chi connectivity index (χ3n) is 2.81. The maximum Gasteiger partial charge on any atom is 0.0657 e. The number of hydrogen-bond acceptors (Lipinski definition) is 1. The molecule has 2 heteroatoms. The topological polar surface area (TPSA) is 15.8 Å². The molecule has 2 aromatic heterocycles. The molecule has 0 atom stereocenters. The molecule has 1 nitrogen and oxygen atoms in total. The highest BCUT2D eigenvalue weighted by molar-refractivity contribution is 7.09. The van der Waals surface area contributed by atoms with Gasteiger partial charge in [0.1, 0.15) is 0 Å². The van der Waals surface area contributed by atoms with Crippen molar-refractivity contribution in [2.45, 2.75) is 39.0 Å². The largest absolute Gasteiger partial charge is 0.359 e. The predicted molar refractivity (Wildman–Crippen MR) is 70.0 cm³/mol. The maximum absolute atomic E-state index is 3.25. The van der Waals surface area contributed by atoms with Crippen LogP contribution in [0.5, 0.6) is 0 Å². The number of thiophene rings is 1. The van der Waals surface area contributed by atoms with Crippen molar-refractivity contribution in [1.29, 1.82) is 0 Å². The molecule has 0 saturated heterocycles. The summed E-state index contributed by atoms with van der Waals surface area (Å²) in [5.41, 5.74) is 2.84. The van der Waals surface area contributed by atoms with Crippen molar-refractivity contribution < 1.29 is 0 Å². The van der Waals surface area contributed by atoms with Crippen LogP contribution in [0, 0.1) is 6.20 Å². The monoisotopic (exact) mass is 232 g/mol. The van der Waals surface area contributed by atoms with E-state index >= 15 is 0 Å². The Morgan fingerprint density at radius 3 is 3.00 bits per heavy atom. The lowest BCUT2D eigenvalue weighted by Gasteiger charge is -2.01. The lowest BCUT2D eigenvalue weighted by molar-refractivity contribution is 0.812. The SMILES string of the molecule is CCCc1c[nH][c]c1CCCc1cccs1. The van der Waals surface area contributed by atoms with E-state index in [0.717, 1.165) is 6.42 Å². The van der Waals surface area contributed by atoms with Crippen LogP contribution < -0.4 is 0 Å². The van der Waals surface area contributed by atoms with Crippen molar-refractivity contribution >= 4 is 11.3 Å². The Hall–Kier alpha value is -1.02. The second-order valence-electron chi connectivity index (χ2n) is 4.10. The molecule has 1 radical (unpaired) electrons. The van der Waals surface area contributed by atoms with Crippen LogP contribution in [0.3, 0.4) is 0 Å². The molecule has 0 unspecified atom stereocenters. The van der Waals surface area contributed by atoms with Crippen LogP contribution in [-0.4, -0.2) is 4.98 Å². The summed E-state index contributed by atoms with van der Waals surface area (Å²) in [4.78, 5) is 4.60. The highest BCUT2D eigenvalue weighted by Gasteiger charge is 2.03. The van der Waals surface area contributed by atoms with E-state index in [1.54, 1.807) is 0 Å². The molecule has 0 bridgehead atoms. The van der Waals surface area contributed by atoms with Gasteiger partial charge in [0.15, 0.2) is 0 Å². The summed E-state index contributed by atoms with van der Waals surface area (Å²) in [6.45, 7) is 2.22.